The summed E-state index contributed by atoms with van der Waals surface area (Å²) in [5.41, 5.74) is 3.62. The van der Waals surface area contributed by atoms with E-state index in [0.717, 1.165) is 36.4 Å². The fourth-order valence-electron chi connectivity index (χ4n) is 6.45. The van der Waals surface area contributed by atoms with Crippen molar-refractivity contribution in [3.63, 3.8) is 0 Å². The van der Waals surface area contributed by atoms with Crippen LogP contribution in [0.25, 0.3) is 20.8 Å². The molecule has 5 nitrogen and oxygen atoms in total. The van der Waals surface area contributed by atoms with Gasteiger partial charge in [0, 0.05) is 43.5 Å². The van der Waals surface area contributed by atoms with Crippen LogP contribution in [0.5, 0.6) is 0 Å². The minimum atomic E-state index is 0.751. The maximum absolute atomic E-state index is 5.01. The van der Waals surface area contributed by atoms with E-state index in [2.05, 4.69) is 55.7 Å². The van der Waals surface area contributed by atoms with Gasteiger partial charge in [-0.25, -0.2) is 9.56 Å². The lowest BCUT2D eigenvalue weighted by Gasteiger charge is -2.38. The van der Waals surface area contributed by atoms with E-state index >= 15 is 0 Å². The molecule has 5 heterocycles. The summed E-state index contributed by atoms with van der Waals surface area (Å²) < 4.78 is 3.90. The molecule has 0 radical (unpaired) electrons. The lowest BCUT2D eigenvalue weighted by Crippen LogP contribution is -2.51. The molecule has 0 N–H and O–H groups in total. The molecule has 1 aromatic rings. The molecule has 0 spiro atoms. The SMILES string of the molecule is c1cc2nc3ccc(=[N+]4CCN5CCC[C@@H]5C4)cc-3sc2cc1N1CCN2CCC[C@@H]2C1. The average molecular weight is 447 g/mol. The van der Waals surface area contributed by atoms with Crippen LogP contribution in [0.1, 0.15) is 25.7 Å². The Morgan fingerprint density at radius 2 is 1.75 bits per heavy atom. The Balaban J connectivity index is 1.24. The third kappa shape index (κ3) is 3.35. The minimum Gasteiger partial charge on any atom is -0.369 e. The van der Waals surface area contributed by atoms with Crippen LogP contribution >= 0.6 is 11.3 Å². The van der Waals surface area contributed by atoms with Gasteiger partial charge in [0.2, 0.25) is 5.36 Å². The van der Waals surface area contributed by atoms with E-state index in [1.54, 1.807) is 0 Å². The quantitative estimate of drug-likeness (QED) is 0.424. The molecular formula is C26H32N5S+. The number of fused-ring (bicyclic) bond motifs is 4. The number of hydrogen-bond donors (Lipinski definition) is 0. The van der Waals surface area contributed by atoms with Gasteiger partial charge in [-0.15, -0.1) is 11.3 Å². The molecule has 0 saturated carbocycles. The van der Waals surface area contributed by atoms with Crippen molar-refractivity contribution in [3.8, 4) is 10.6 Å². The minimum absolute atomic E-state index is 0.751. The zero-order valence-corrected chi connectivity index (χ0v) is 19.6. The molecule has 4 fully saturated rings. The first-order valence-electron chi connectivity index (χ1n) is 12.5. The van der Waals surface area contributed by atoms with E-state index in [4.69, 9.17) is 4.98 Å². The molecule has 166 valence electrons. The summed E-state index contributed by atoms with van der Waals surface area (Å²) in [5, 5.41) is 1.37. The van der Waals surface area contributed by atoms with Crippen molar-refractivity contribution in [1.82, 2.24) is 19.4 Å². The van der Waals surface area contributed by atoms with Gasteiger partial charge in [-0.05, 0) is 63.0 Å². The standard InChI is InChI=1S/C26H32N5S/c1-3-21-17-30(13-11-28(21)9-1)19-5-7-23-25(15-19)32-26-16-20(6-8-24(26)27-23)31-14-12-29-10-2-4-22(29)18-31/h5-8,15-16,21-22H,1-4,9-14,17-18H2/q+1/t21-,22-/m1/s1. The molecule has 6 aliphatic rings. The summed E-state index contributed by atoms with van der Waals surface area (Å²) in [7, 11) is 0. The molecule has 0 aromatic heterocycles. The van der Waals surface area contributed by atoms with E-state index in [9.17, 15) is 0 Å². The molecule has 4 saturated heterocycles. The summed E-state index contributed by atoms with van der Waals surface area (Å²) in [6, 6.07) is 15.3. The molecule has 1 aromatic carbocycles. The van der Waals surface area contributed by atoms with Gasteiger partial charge in [0.05, 0.1) is 33.4 Å². The second-order valence-corrected chi connectivity index (χ2v) is 11.2. The molecule has 0 amide bonds. The Hall–Kier alpha value is -2.02. The van der Waals surface area contributed by atoms with Crippen LogP contribution in [0.3, 0.4) is 0 Å². The van der Waals surface area contributed by atoms with Gasteiger partial charge in [-0.2, -0.15) is 0 Å². The third-order valence-electron chi connectivity index (χ3n) is 8.25. The smallest absolute Gasteiger partial charge is 0.201 e. The Morgan fingerprint density at radius 1 is 0.875 bits per heavy atom. The van der Waals surface area contributed by atoms with Crippen molar-refractivity contribution in [3.05, 3.63) is 41.8 Å². The van der Waals surface area contributed by atoms with Crippen LogP contribution in [0, 0.1) is 0 Å². The number of rotatable bonds is 1. The highest BCUT2D eigenvalue weighted by Crippen LogP contribution is 2.33. The molecule has 7 rings (SSSR count). The van der Waals surface area contributed by atoms with Crippen LogP contribution in [-0.2, 0) is 0 Å². The molecular weight excluding hydrogens is 414 g/mol. The second kappa shape index (κ2) is 7.79. The van der Waals surface area contributed by atoms with E-state index in [1.807, 2.05) is 11.3 Å². The highest BCUT2D eigenvalue weighted by atomic mass is 32.1. The number of benzene rings is 2. The highest BCUT2D eigenvalue weighted by molar-refractivity contribution is 7.21. The zero-order valence-electron chi connectivity index (χ0n) is 18.7. The molecule has 6 heteroatoms. The second-order valence-electron chi connectivity index (χ2n) is 10.1. The highest BCUT2D eigenvalue weighted by Gasteiger charge is 2.33. The van der Waals surface area contributed by atoms with Gasteiger partial charge >= 0.3 is 0 Å². The maximum atomic E-state index is 5.01. The van der Waals surface area contributed by atoms with Crippen LogP contribution in [0.4, 0.5) is 5.69 Å². The van der Waals surface area contributed by atoms with Gasteiger partial charge in [0.1, 0.15) is 0 Å². The topological polar surface area (TPSA) is 25.6 Å². The number of nitrogens with zero attached hydrogens (tertiary/aromatic N) is 5. The predicted octanol–water partition coefficient (Wildman–Crippen LogP) is 2.94. The third-order valence-corrected chi connectivity index (χ3v) is 9.35. The maximum Gasteiger partial charge on any atom is 0.201 e. The van der Waals surface area contributed by atoms with Crippen molar-refractivity contribution in [2.45, 2.75) is 37.8 Å². The Kier molecular flexibility index (Phi) is 4.73. The van der Waals surface area contributed by atoms with Crippen LogP contribution in [0.2, 0.25) is 0 Å². The predicted molar refractivity (Wildman–Crippen MR) is 133 cm³/mol. The molecule has 1 aliphatic carbocycles. The van der Waals surface area contributed by atoms with Crippen molar-refractivity contribution >= 4 is 27.2 Å². The van der Waals surface area contributed by atoms with Crippen molar-refractivity contribution < 1.29 is 0 Å². The van der Waals surface area contributed by atoms with Crippen molar-refractivity contribution in [2.24, 2.45) is 0 Å². The Bertz CT molecular complexity index is 1200. The lowest BCUT2D eigenvalue weighted by molar-refractivity contribution is 0.193. The van der Waals surface area contributed by atoms with Crippen LogP contribution < -0.4 is 14.8 Å². The van der Waals surface area contributed by atoms with Gasteiger partial charge < -0.3 is 4.90 Å². The van der Waals surface area contributed by atoms with E-state index in [0.29, 0.717) is 0 Å². The summed E-state index contributed by atoms with van der Waals surface area (Å²) in [5.74, 6) is 0. The monoisotopic (exact) mass is 446 g/mol. The first kappa shape index (κ1) is 19.4. The van der Waals surface area contributed by atoms with E-state index in [1.165, 1.54) is 85.6 Å². The van der Waals surface area contributed by atoms with Crippen molar-refractivity contribution in [2.75, 3.05) is 57.3 Å². The lowest BCUT2D eigenvalue weighted by atomic mass is 10.1. The molecule has 5 aliphatic heterocycles. The summed E-state index contributed by atoms with van der Waals surface area (Å²) in [6.07, 6.45) is 5.45. The number of anilines is 1. The van der Waals surface area contributed by atoms with E-state index < -0.39 is 0 Å². The summed E-state index contributed by atoms with van der Waals surface area (Å²) in [4.78, 5) is 14.3. The summed E-state index contributed by atoms with van der Waals surface area (Å²) >= 11 is 1.91. The Labute approximate surface area is 193 Å². The van der Waals surface area contributed by atoms with Gasteiger partial charge in [0.15, 0.2) is 13.1 Å². The van der Waals surface area contributed by atoms with Gasteiger partial charge in [-0.3, -0.25) is 9.80 Å². The molecule has 0 bridgehead atoms. The number of aromatic nitrogens is 1. The first-order chi connectivity index (χ1) is 15.8. The van der Waals surface area contributed by atoms with Crippen molar-refractivity contribution in [1.29, 1.82) is 0 Å². The fraction of sp³-hybridized carbons (Fsp3) is 0.538. The Morgan fingerprint density at radius 3 is 2.69 bits per heavy atom. The zero-order chi connectivity index (χ0) is 21.1. The number of hydrogen-bond acceptors (Lipinski definition) is 5. The molecule has 0 unspecified atom stereocenters. The normalized spacial score (nSPS) is 28.4. The van der Waals surface area contributed by atoms with Gasteiger partial charge in [0.25, 0.3) is 0 Å². The van der Waals surface area contributed by atoms with Crippen LogP contribution in [0.15, 0.2) is 36.4 Å². The number of piperazine rings is 2. The molecule has 32 heavy (non-hydrogen) atoms. The van der Waals surface area contributed by atoms with E-state index in [-0.39, 0.29) is 0 Å². The average Bonchev–Trinajstić information content (AvgIpc) is 3.50. The summed E-state index contributed by atoms with van der Waals surface area (Å²) in [6.45, 7) is 9.65. The van der Waals surface area contributed by atoms with Crippen LogP contribution in [-0.4, -0.2) is 79.2 Å². The first-order valence-corrected chi connectivity index (χ1v) is 13.3. The van der Waals surface area contributed by atoms with Gasteiger partial charge in [-0.1, -0.05) is 0 Å². The molecule has 2 atom stereocenters. The largest absolute Gasteiger partial charge is 0.369 e. The fourth-order valence-corrected chi connectivity index (χ4v) is 7.48.